The van der Waals surface area contributed by atoms with Crippen LogP contribution in [0.15, 0.2) is 22.7 Å². The van der Waals surface area contributed by atoms with Crippen molar-refractivity contribution in [1.82, 2.24) is 10.1 Å². The van der Waals surface area contributed by atoms with E-state index < -0.39 is 17.5 Å². The molecular formula is C10H8F3N3O3. The van der Waals surface area contributed by atoms with E-state index in [0.717, 1.165) is 12.1 Å². The fraction of sp³-hybridized carbons (Fsp3) is 0.200. The number of hydrogen-bond acceptors (Lipinski definition) is 6. The van der Waals surface area contributed by atoms with Gasteiger partial charge in [0.25, 0.3) is 5.89 Å². The molecule has 0 atom stereocenters. The van der Waals surface area contributed by atoms with Gasteiger partial charge in [-0.25, -0.2) is 5.90 Å². The molecule has 6 nitrogen and oxygen atoms in total. The molecule has 0 unspecified atom stereocenters. The summed E-state index contributed by atoms with van der Waals surface area (Å²) in [5.74, 6) is 3.90. The molecule has 0 amide bonds. The highest BCUT2D eigenvalue weighted by Gasteiger charge is 2.34. The van der Waals surface area contributed by atoms with E-state index in [1.807, 2.05) is 0 Å². The molecule has 1 heterocycles. The Balaban J connectivity index is 2.39. The molecule has 3 N–H and O–H groups in total. The van der Waals surface area contributed by atoms with Crippen molar-refractivity contribution in [2.45, 2.75) is 12.8 Å². The minimum Gasteiger partial charge on any atom is -0.507 e. The highest BCUT2D eigenvalue weighted by atomic mass is 19.4. The van der Waals surface area contributed by atoms with E-state index in [-0.39, 0.29) is 23.9 Å². The van der Waals surface area contributed by atoms with Gasteiger partial charge in [0, 0.05) is 5.56 Å². The normalized spacial score (nSPS) is 11.8. The zero-order valence-corrected chi connectivity index (χ0v) is 9.31. The van der Waals surface area contributed by atoms with Gasteiger partial charge in [0.2, 0.25) is 5.82 Å². The molecule has 2 aromatic rings. The van der Waals surface area contributed by atoms with E-state index in [0.29, 0.717) is 0 Å². The largest absolute Gasteiger partial charge is 0.507 e. The van der Waals surface area contributed by atoms with Crippen molar-refractivity contribution >= 4 is 0 Å². The maximum absolute atomic E-state index is 12.6. The Kier molecular flexibility index (Phi) is 3.40. The lowest BCUT2D eigenvalue weighted by atomic mass is 10.1. The molecule has 1 aromatic heterocycles. The number of halogens is 3. The molecule has 0 saturated heterocycles. The number of alkyl halides is 3. The first-order valence-electron chi connectivity index (χ1n) is 4.96. The van der Waals surface area contributed by atoms with E-state index in [2.05, 4.69) is 15.0 Å². The van der Waals surface area contributed by atoms with Crippen molar-refractivity contribution in [3.63, 3.8) is 0 Å². The molecule has 0 aliphatic rings. The fourth-order valence-corrected chi connectivity index (χ4v) is 1.40. The van der Waals surface area contributed by atoms with E-state index in [1.165, 1.54) is 6.07 Å². The number of aromatic nitrogens is 2. The molecule has 0 radical (unpaired) electrons. The van der Waals surface area contributed by atoms with E-state index in [1.54, 1.807) is 0 Å². The molecule has 0 bridgehead atoms. The van der Waals surface area contributed by atoms with Gasteiger partial charge < -0.3 is 9.63 Å². The number of rotatable bonds is 3. The highest BCUT2D eigenvalue weighted by Crippen LogP contribution is 2.37. The summed E-state index contributed by atoms with van der Waals surface area (Å²) in [6.45, 7) is -0.156. The first-order valence-corrected chi connectivity index (χ1v) is 4.96. The Hall–Kier alpha value is -2.13. The number of phenols is 1. The molecule has 0 saturated carbocycles. The molecule has 102 valence electrons. The first kappa shape index (κ1) is 13.3. The van der Waals surface area contributed by atoms with Gasteiger partial charge >= 0.3 is 6.18 Å². The van der Waals surface area contributed by atoms with Gasteiger partial charge in [0.05, 0.1) is 5.56 Å². The van der Waals surface area contributed by atoms with Gasteiger partial charge in [-0.3, -0.25) is 4.84 Å². The smallest absolute Gasteiger partial charge is 0.419 e. The van der Waals surface area contributed by atoms with Crippen LogP contribution in [0, 0.1) is 0 Å². The summed E-state index contributed by atoms with van der Waals surface area (Å²) in [7, 11) is 0. The van der Waals surface area contributed by atoms with Crippen molar-refractivity contribution in [2.24, 2.45) is 5.90 Å². The van der Waals surface area contributed by atoms with Gasteiger partial charge in [-0.2, -0.15) is 18.2 Å². The second-order valence-electron chi connectivity index (χ2n) is 3.55. The van der Waals surface area contributed by atoms with Gasteiger partial charge in [-0.15, -0.1) is 0 Å². The minimum atomic E-state index is -4.67. The summed E-state index contributed by atoms with van der Waals surface area (Å²) in [6, 6.07) is 2.88. The SMILES string of the molecule is NOCc1nc(-c2ccc(O)c(C(F)(F)F)c2)no1. The Labute approximate surface area is 104 Å². The van der Waals surface area contributed by atoms with Crippen LogP contribution in [0.25, 0.3) is 11.4 Å². The number of benzene rings is 1. The third kappa shape index (κ3) is 2.83. The lowest BCUT2D eigenvalue weighted by Crippen LogP contribution is -2.05. The molecule has 0 spiro atoms. The number of nitrogens with two attached hydrogens (primary N) is 1. The van der Waals surface area contributed by atoms with Gasteiger partial charge in [-0.05, 0) is 18.2 Å². The molecule has 19 heavy (non-hydrogen) atoms. The first-order chi connectivity index (χ1) is 8.91. The maximum atomic E-state index is 12.6. The number of phenolic OH excluding ortho intramolecular Hbond substituents is 1. The Bertz CT molecular complexity index is 583. The van der Waals surface area contributed by atoms with Crippen LogP contribution in [-0.4, -0.2) is 15.2 Å². The minimum absolute atomic E-state index is 0.0270. The van der Waals surface area contributed by atoms with Crippen LogP contribution in [0.2, 0.25) is 0 Å². The molecule has 0 aliphatic heterocycles. The monoisotopic (exact) mass is 275 g/mol. The van der Waals surface area contributed by atoms with Crippen LogP contribution in [0.4, 0.5) is 13.2 Å². The highest BCUT2D eigenvalue weighted by molar-refractivity contribution is 5.58. The maximum Gasteiger partial charge on any atom is 0.419 e. The Morgan fingerprint density at radius 1 is 1.37 bits per heavy atom. The molecule has 0 fully saturated rings. The lowest BCUT2D eigenvalue weighted by Gasteiger charge is -2.09. The second kappa shape index (κ2) is 4.86. The quantitative estimate of drug-likeness (QED) is 0.830. The van der Waals surface area contributed by atoms with Crippen molar-refractivity contribution in [3.05, 3.63) is 29.7 Å². The van der Waals surface area contributed by atoms with Crippen LogP contribution < -0.4 is 5.90 Å². The topological polar surface area (TPSA) is 94.4 Å². The Morgan fingerprint density at radius 2 is 2.11 bits per heavy atom. The van der Waals surface area contributed by atoms with Crippen molar-refractivity contribution in [3.8, 4) is 17.1 Å². The summed E-state index contributed by atoms with van der Waals surface area (Å²) in [4.78, 5) is 8.05. The standard InChI is InChI=1S/C10H8F3N3O3/c11-10(12,13)6-3-5(1-2-7(6)17)9-15-8(4-18-14)19-16-9/h1-3,17H,4,14H2. The molecule has 0 aliphatic carbocycles. The van der Waals surface area contributed by atoms with Gasteiger partial charge in [-0.1, -0.05) is 5.16 Å². The van der Waals surface area contributed by atoms with Gasteiger partial charge in [0.1, 0.15) is 12.4 Å². The van der Waals surface area contributed by atoms with Crippen LogP contribution in [0.5, 0.6) is 5.75 Å². The van der Waals surface area contributed by atoms with Crippen LogP contribution >= 0.6 is 0 Å². The van der Waals surface area contributed by atoms with E-state index in [4.69, 9.17) is 10.4 Å². The second-order valence-corrected chi connectivity index (χ2v) is 3.55. The molecule has 1 aromatic carbocycles. The number of aromatic hydroxyl groups is 1. The van der Waals surface area contributed by atoms with Crippen LogP contribution in [0.3, 0.4) is 0 Å². The summed E-state index contributed by atoms with van der Waals surface area (Å²) < 4.78 is 42.5. The molecular weight excluding hydrogens is 267 g/mol. The summed E-state index contributed by atoms with van der Waals surface area (Å²) in [5.41, 5.74) is -1.12. The average Bonchev–Trinajstić information content (AvgIpc) is 2.77. The number of nitrogens with zero attached hydrogens (tertiary/aromatic N) is 2. The summed E-state index contributed by atoms with van der Waals surface area (Å²) >= 11 is 0. The average molecular weight is 275 g/mol. The van der Waals surface area contributed by atoms with E-state index in [9.17, 15) is 18.3 Å². The molecule has 2 rings (SSSR count). The van der Waals surface area contributed by atoms with Crippen molar-refractivity contribution in [1.29, 1.82) is 0 Å². The van der Waals surface area contributed by atoms with Crippen molar-refractivity contribution < 1.29 is 27.6 Å². The lowest BCUT2D eigenvalue weighted by molar-refractivity contribution is -0.138. The predicted octanol–water partition coefficient (Wildman–Crippen LogP) is 1.85. The van der Waals surface area contributed by atoms with Crippen LogP contribution in [-0.2, 0) is 17.6 Å². The van der Waals surface area contributed by atoms with E-state index >= 15 is 0 Å². The number of hydrogen-bond donors (Lipinski definition) is 2. The summed E-state index contributed by atoms with van der Waals surface area (Å²) in [5, 5.41) is 12.7. The fourth-order valence-electron chi connectivity index (χ4n) is 1.40. The predicted molar refractivity (Wildman–Crippen MR) is 55.4 cm³/mol. The molecule has 9 heteroatoms. The van der Waals surface area contributed by atoms with Crippen molar-refractivity contribution in [2.75, 3.05) is 0 Å². The third-order valence-corrected chi connectivity index (χ3v) is 2.24. The zero-order chi connectivity index (χ0) is 14.0. The summed E-state index contributed by atoms with van der Waals surface area (Å²) in [6.07, 6.45) is -4.67. The third-order valence-electron chi connectivity index (χ3n) is 2.24. The van der Waals surface area contributed by atoms with Crippen LogP contribution in [0.1, 0.15) is 11.5 Å². The van der Waals surface area contributed by atoms with Gasteiger partial charge in [0.15, 0.2) is 0 Å². The zero-order valence-electron chi connectivity index (χ0n) is 9.31. The Morgan fingerprint density at radius 3 is 2.74 bits per heavy atom.